The molecular weight excluding hydrogens is 299 g/mol. The van der Waals surface area contributed by atoms with Gasteiger partial charge in [-0.25, -0.2) is 9.18 Å². The smallest absolute Gasteiger partial charge is 0.375 e. The van der Waals surface area contributed by atoms with Crippen LogP contribution in [0.1, 0.15) is 26.5 Å². The van der Waals surface area contributed by atoms with Crippen molar-refractivity contribution in [3.63, 3.8) is 0 Å². The molecule has 0 fully saturated rings. The molecule has 1 aromatic heterocycles. The zero-order valence-electron chi connectivity index (χ0n) is 12.3. The molecule has 0 unspecified atom stereocenters. The van der Waals surface area contributed by atoms with Crippen LogP contribution in [0.2, 0.25) is 0 Å². The third-order valence-corrected chi connectivity index (χ3v) is 3.54. The lowest BCUT2D eigenvalue weighted by Gasteiger charge is -2.04. The zero-order chi connectivity index (χ0) is 16.4. The molecule has 0 aliphatic rings. The zero-order valence-corrected chi connectivity index (χ0v) is 12.3. The highest BCUT2D eigenvalue weighted by Gasteiger charge is 2.20. The molecule has 1 heterocycles. The second-order valence-electron chi connectivity index (χ2n) is 5.03. The van der Waals surface area contributed by atoms with Crippen LogP contribution in [-0.4, -0.2) is 18.4 Å². The number of halogens is 1. The molecule has 0 saturated carbocycles. The molecule has 0 aliphatic carbocycles. The van der Waals surface area contributed by atoms with Crippen molar-refractivity contribution in [2.75, 3.05) is 6.61 Å². The second-order valence-corrected chi connectivity index (χ2v) is 5.03. The molecule has 4 nitrogen and oxygen atoms in total. The van der Waals surface area contributed by atoms with E-state index in [4.69, 9.17) is 9.15 Å². The number of hydrogen-bond donors (Lipinski definition) is 0. The summed E-state index contributed by atoms with van der Waals surface area (Å²) in [7, 11) is 0. The van der Waals surface area contributed by atoms with E-state index in [0.29, 0.717) is 11.1 Å². The van der Waals surface area contributed by atoms with E-state index in [0.717, 1.165) is 5.39 Å². The minimum absolute atomic E-state index is 0.0486. The molecule has 2 aromatic carbocycles. The molecule has 0 saturated heterocycles. The van der Waals surface area contributed by atoms with Gasteiger partial charge in [-0.3, -0.25) is 4.79 Å². The highest BCUT2D eigenvalue weighted by atomic mass is 19.1. The van der Waals surface area contributed by atoms with Crippen molar-refractivity contribution < 1.29 is 23.1 Å². The first-order chi connectivity index (χ1) is 11.1. The van der Waals surface area contributed by atoms with E-state index in [2.05, 4.69) is 0 Å². The van der Waals surface area contributed by atoms with Crippen molar-refractivity contribution in [3.8, 4) is 0 Å². The summed E-state index contributed by atoms with van der Waals surface area (Å²) in [5.74, 6) is -1.95. The van der Waals surface area contributed by atoms with Crippen LogP contribution >= 0.6 is 0 Å². The van der Waals surface area contributed by atoms with Gasteiger partial charge < -0.3 is 9.15 Å². The van der Waals surface area contributed by atoms with Gasteiger partial charge in [0.25, 0.3) is 0 Å². The predicted octanol–water partition coefficient (Wildman–Crippen LogP) is 3.92. The molecule has 3 aromatic rings. The Kier molecular flexibility index (Phi) is 3.93. The molecule has 0 radical (unpaired) electrons. The number of para-hydroxylation sites is 1. The largest absolute Gasteiger partial charge is 0.451 e. The third kappa shape index (κ3) is 2.85. The Labute approximate surface area is 131 Å². The van der Waals surface area contributed by atoms with Crippen molar-refractivity contribution in [1.82, 2.24) is 0 Å². The number of ketones is 1. The molecule has 116 valence electrons. The highest BCUT2D eigenvalue weighted by Crippen LogP contribution is 2.25. The molecule has 0 bridgehead atoms. The Morgan fingerprint density at radius 1 is 1.09 bits per heavy atom. The summed E-state index contributed by atoms with van der Waals surface area (Å²) >= 11 is 0. The quantitative estimate of drug-likeness (QED) is 0.541. The number of rotatable bonds is 4. The fraction of sp³-hybridized carbons (Fsp3) is 0.111. The number of Topliss-reactive ketones (excluding diaryl/α,β-unsaturated/α-hetero) is 1. The maximum Gasteiger partial charge on any atom is 0.375 e. The van der Waals surface area contributed by atoms with Crippen molar-refractivity contribution in [2.45, 2.75) is 6.92 Å². The van der Waals surface area contributed by atoms with Gasteiger partial charge in [-0.2, -0.15) is 0 Å². The Morgan fingerprint density at radius 3 is 2.52 bits per heavy atom. The molecule has 23 heavy (non-hydrogen) atoms. The van der Waals surface area contributed by atoms with Crippen LogP contribution in [0.15, 0.2) is 52.9 Å². The van der Waals surface area contributed by atoms with Crippen molar-refractivity contribution in [3.05, 3.63) is 71.2 Å². The van der Waals surface area contributed by atoms with Gasteiger partial charge in [0.05, 0.1) is 5.56 Å². The summed E-state index contributed by atoms with van der Waals surface area (Å²) in [6.45, 7) is 1.19. The topological polar surface area (TPSA) is 56.5 Å². The Morgan fingerprint density at radius 2 is 1.78 bits per heavy atom. The maximum absolute atomic E-state index is 13.5. The summed E-state index contributed by atoms with van der Waals surface area (Å²) in [5.41, 5.74) is 1.10. The first-order valence-electron chi connectivity index (χ1n) is 7.01. The molecule has 3 rings (SSSR count). The predicted molar refractivity (Wildman–Crippen MR) is 82.0 cm³/mol. The van der Waals surface area contributed by atoms with E-state index < -0.39 is 24.2 Å². The van der Waals surface area contributed by atoms with Crippen molar-refractivity contribution in [1.29, 1.82) is 0 Å². The van der Waals surface area contributed by atoms with Crippen LogP contribution in [0.3, 0.4) is 0 Å². The fourth-order valence-corrected chi connectivity index (χ4v) is 2.33. The van der Waals surface area contributed by atoms with E-state index in [-0.39, 0.29) is 11.3 Å². The lowest BCUT2D eigenvalue weighted by molar-refractivity contribution is 0.0444. The summed E-state index contributed by atoms with van der Waals surface area (Å²) in [6.07, 6.45) is 0. The number of hydrogen-bond acceptors (Lipinski definition) is 4. The molecule has 0 atom stereocenters. The van der Waals surface area contributed by atoms with Crippen LogP contribution in [0.25, 0.3) is 11.0 Å². The molecule has 5 heteroatoms. The number of carbonyl (C=O) groups excluding carboxylic acids is 2. The van der Waals surface area contributed by atoms with Gasteiger partial charge >= 0.3 is 5.97 Å². The molecule has 0 N–H and O–H groups in total. The number of esters is 1. The number of carbonyl (C=O) groups is 2. The van der Waals surface area contributed by atoms with E-state index >= 15 is 0 Å². The summed E-state index contributed by atoms with van der Waals surface area (Å²) in [5, 5.41) is 0.805. The number of fused-ring (bicyclic) bond motifs is 1. The van der Waals surface area contributed by atoms with Gasteiger partial charge in [-0.15, -0.1) is 0 Å². The minimum atomic E-state index is -0.747. The molecule has 0 aliphatic heterocycles. The van der Waals surface area contributed by atoms with Gasteiger partial charge in [0.2, 0.25) is 11.5 Å². The van der Waals surface area contributed by atoms with Gasteiger partial charge in [-0.1, -0.05) is 30.3 Å². The maximum atomic E-state index is 13.5. The first kappa shape index (κ1) is 15.0. The normalized spacial score (nSPS) is 10.7. The number of benzene rings is 2. The van der Waals surface area contributed by atoms with Crippen molar-refractivity contribution >= 4 is 22.7 Å². The summed E-state index contributed by atoms with van der Waals surface area (Å²) in [4.78, 5) is 24.0. The minimum Gasteiger partial charge on any atom is -0.451 e. The standard InChI is InChI=1S/C18H13FO4/c1-11-12-6-3-5-9-16(12)23-17(11)18(21)22-10-15(20)13-7-2-4-8-14(13)19/h2-9H,10H2,1H3. The highest BCUT2D eigenvalue weighted by molar-refractivity contribution is 6.00. The van der Waals surface area contributed by atoms with E-state index in [9.17, 15) is 14.0 Å². The summed E-state index contributed by atoms with van der Waals surface area (Å²) in [6, 6.07) is 12.7. The monoisotopic (exact) mass is 312 g/mol. The third-order valence-electron chi connectivity index (χ3n) is 3.54. The molecule has 0 spiro atoms. The van der Waals surface area contributed by atoms with E-state index in [1.807, 2.05) is 12.1 Å². The molecular formula is C18H13FO4. The molecule has 0 amide bonds. The van der Waals surface area contributed by atoms with Crippen molar-refractivity contribution in [2.24, 2.45) is 0 Å². The van der Waals surface area contributed by atoms with Crippen LogP contribution in [0.4, 0.5) is 4.39 Å². The second kappa shape index (κ2) is 6.04. The number of ether oxygens (including phenoxy) is 1. The van der Waals surface area contributed by atoms with Crippen LogP contribution in [0.5, 0.6) is 0 Å². The Balaban J connectivity index is 1.75. The number of aryl methyl sites for hydroxylation is 1. The van der Waals surface area contributed by atoms with Crippen LogP contribution < -0.4 is 0 Å². The first-order valence-corrected chi connectivity index (χ1v) is 7.01. The lowest BCUT2D eigenvalue weighted by Crippen LogP contribution is -2.15. The van der Waals surface area contributed by atoms with Crippen LogP contribution in [0, 0.1) is 12.7 Å². The lowest BCUT2D eigenvalue weighted by atomic mass is 10.1. The average molecular weight is 312 g/mol. The Hall–Kier alpha value is -2.95. The van der Waals surface area contributed by atoms with Gasteiger partial charge in [0.15, 0.2) is 6.61 Å². The average Bonchev–Trinajstić information content (AvgIpc) is 2.90. The number of furan rings is 1. The van der Waals surface area contributed by atoms with Gasteiger partial charge in [0.1, 0.15) is 11.4 Å². The fourth-order valence-electron chi connectivity index (χ4n) is 2.33. The Bertz CT molecular complexity index is 895. The van der Waals surface area contributed by atoms with E-state index in [1.165, 1.54) is 18.2 Å². The van der Waals surface area contributed by atoms with Gasteiger partial charge in [0, 0.05) is 10.9 Å². The van der Waals surface area contributed by atoms with Gasteiger partial charge in [-0.05, 0) is 25.1 Å². The summed E-state index contributed by atoms with van der Waals surface area (Å²) < 4.78 is 23.9. The van der Waals surface area contributed by atoms with E-state index in [1.54, 1.807) is 25.1 Å². The van der Waals surface area contributed by atoms with Crippen LogP contribution in [-0.2, 0) is 4.74 Å². The SMILES string of the molecule is Cc1c(C(=O)OCC(=O)c2ccccc2F)oc2ccccc12.